The number of unbranched alkanes of at least 4 members (excludes halogenated alkanes) is 8. The van der Waals surface area contributed by atoms with Gasteiger partial charge in [0.1, 0.15) is 0 Å². The van der Waals surface area contributed by atoms with E-state index in [0.717, 1.165) is 39.3 Å². The van der Waals surface area contributed by atoms with Gasteiger partial charge >= 0.3 is 0 Å². The van der Waals surface area contributed by atoms with Crippen LogP contribution in [0.2, 0.25) is 0 Å². The molecule has 0 amide bonds. The molecule has 0 saturated carbocycles. The first-order valence-electron chi connectivity index (χ1n) is 9.64. The van der Waals surface area contributed by atoms with Crippen LogP contribution in [0.4, 0.5) is 0 Å². The Balaban J connectivity index is 0. The van der Waals surface area contributed by atoms with Crippen LogP contribution >= 0.6 is 0 Å². The van der Waals surface area contributed by atoms with Crippen molar-refractivity contribution < 1.29 is 0 Å². The van der Waals surface area contributed by atoms with Gasteiger partial charge in [0.25, 0.3) is 0 Å². The second-order valence-corrected chi connectivity index (χ2v) is 5.91. The first-order chi connectivity index (χ1) is 10.8. The van der Waals surface area contributed by atoms with E-state index < -0.39 is 0 Å². The molecular weight excluding hydrogens is 272 g/mol. The predicted octanol–water partition coefficient (Wildman–Crippen LogP) is 3.01. The zero-order valence-corrected chi connectivity index (χ0v) is 15.5. The summed E-state index contributed by atoms with van der Waals surface area (Å²) in [7, 11) is 0. The van der Waals surface area contributed by atoms with Crippen molar-refractivity contribution in [2.45, 2.75) is 78.1 Å². The molecule has 0 aromatic rings. The van der Waals surface area contributed by atoms with Crippen LogP contribution in [0.3, 0.4) is 0 Å². The summed E-state index contributed by atoms with van der Waals surface area (Å²) in [5, 5.41) is 6.57. The molecule has 0 aromatic heterocycles. The summed E-state index contributed by atoms with van der Waals surface area (Å²) in [5.74, 6) is 0. The molecule has 0 aliphatic heterocycles. The number of nitrogens with one attached hydrogen (secondary N) is 2. The molecular formula is C18H44N4. The Morgan fingerprint density at radius 3 is 1.27 bits per heavy atom. The summed E-state index contributed by atoms with van der Waals surface area (Å²) in [6.07, 6.45) is 13.6. The summed E-state index contributed by atoms with van der Waals surface area (Å²) < 4.78 is 0. The third-order valence-corrected chi connectivity index (χ3v) is 3.56. The zero-order chi connectivity index (χ0) is 16.7. The van der Waals surface area contributed by atoms with Gasteiger partial charge in [0, 0.05) is 26.2 Å². The predicted molar refractivity (Wildman–Crippen MR) is 101 cm³/mol. The summed E-state index contributed by atoms with van der Waals surface area (Å²) in [4.78, 5) is 0. The average molecular weight is 317 g/mol. The molecule has 0 spiro atoms. The topological polar surface area (TPSA) is 76.1 Å². The molecule has 0 saturated heterocycles. The number of rotatable bonds is 16. The van der Waals surface area contributed by atoms with Crippen molar-refractivity contribution in [3.63, 3.8) is 0 Å². The van der Waals surface area contributed by atoms with Crippen molar-refractivity contribution in [2.75, 3.05) is 39.3 Å². The van der Waals surface area contributed by atoms with E-state index in [1.54, 1.807) is 0 Å². The fourth-order valence-electron chi connectivity index (χ4n) is 2.16. The van der Waals surface area contributed by atoms with Gasteiger partial charge in [0.15, 0.2) is 0 Å². The van der Waals surface area contributed by atoms with Gasteiger partial charge in [-0.05, 0) is 25.9 Å². The third-order valence-electron chi connectivity index (χ3n) is 3.56. The molecule has 6 N–H and O–H groups in total. The molecule has 0 heterocycles. The fourth-order valence-corrected chi connectivity index (χ4v) is 2.16. The van der Waals surface area contributed by atoms with Gasteiger partial charge in [-0.15, -0.1) is 0 Å². The minimum Gasteiger partial charge on any atom is -0.329 e. The molecule has 0 radical (unpaired) electrons. The smallest absolute Gasteiger partial charge is 0.00745 e. The maximum absolute atomic E-state index is 5.35. The van der Waals surface area contributed by atoms with Crippen LogP contribution in [0.25, 0.3) is 0 Å². The molecule has 4 heteroatoms. The van der Waals surface area contributed by atoms with Crippen LogP contribution in [-0.2, 0) is 0 Å². The minimum atomic E-state index is 0.758. The highest BCUT2D eigenvalue weighted by Crippen LogP contribution is 2.03. The molecule has 0 aromatic carbocycles. The van der Waals surface area contributed by atoms with E-state index in [0.29, 0.717) is 0 Å². The lowest BCUT2D eigenvalue weighted by Crippen LogP contribution is -2.23. The van der Waals surface area contributed by atoms with Crippen molar-refractivity contribution in [1.29, 1.82) is 0 Å². The number of nitrogens with two attached hydrogens (primary N) is 2. The third kappa shape index (κ3) is 28.1. The van der Waals surface area contributed by atoms with Gasteiger partial charge in [0.2, 0.25) is 0 Å². The summed E-state index contributed by atoms with van der Waals surface area (Å²) >= 11 is 0. The normalized spacial score (nSPS) is 10.4. The maximum atomic E-state index is 5.35. The first-order valence-corrected chi connectivity index (χ1v) is 9.64. The molecule has 0 rings (SSSR count). The second-order valence-electron chi connectivity index (χ2n) is 5.91. The van der Waals surface area contributed by atoms with Crippen LogP contribution in [0, 0.1) is 0 Å². The Hall–Kier alpha value is -0.160. The number of hydrogen-bond donors (Lipinski definition) is 4. The SMILES string of the molecule is CCCCCCCCNCCN.CCCCCCNCCN. The summed E-state index contributed by atoms with van der Waals surface area (Å²) in [6.45, 7) is 10.2. The monoisotopic (exact) mass is 316 g/mol. The molecule has 0 atom stereocenters. The van der Waals surface area contributed by atoms with Crippen LogP contribution in [-0.4, -0.2) is 39.3 Å². The van der Waals surface area contributed by atoms with E-state index in [-0.39, 0.29) is 0 Å². The molecule has 0 aliphatic rings. The van der Waals surface area contributed by atoms with E-state index in [1.807, 2.05) is 0 Å². The van der Waals surface area contributed by atoms with Gasteiger partial charge in [-0.1, -0.05) is 65.2 Å². The van der Waals surface area contributed by atoms with E-state index in [4.69, 9.17) is 11.5 Å². The number of hydrogen-bond acceptors (Lipinski definition) is 4. The van der Waals surface area contributed by atoms with Crippen LogP contribution in [0.15, 0.2) is 0 Å². The maximum Gasteiger partial charge on any atom is 0.00745 e. The summed E-state index contributed by atoms with van der Waals surface area (Å²) in [5.41, 5.74) is 10.7. The highest BCUT2D eigenvalue weighted by atomic mass is 14.9. The van der Waals surface area contributed by atoms with Crippen molar-refractivity contribution in [3.05, 3.63) is 0 Å². The van der Waals surface area contributed by atoms with Crippen LogP contribution in [0.5, 0.6) is 0 Å². The Morgan fingerprint density at radius 1 is 0.500 bits per heavy atom. The Morgan fingerprint density at radius 2 is 0.864 bits per heavy atom. The Bertz CT molecular complexity index is 147. The van der Waals surface area contributed by atoms with Crippen molar-refractivity contribution in [3.8, 4) is 0 Å². The molecule has 0 unspecified atom stereocenters. The van der Waals surface area contributed by atoms with Gasteiger partial charge in [-0.25, -0.2) is 0 Å². The van der Waals surface area contributed by atoms with E-state index in [1.165, 1.54) is 64.2 Å². The zero-order valence-electron chi connectivity index (χ0n) is 15.5. The Labute approximate surface area is 140 Å². The highest BCUT2D eigenvalue weighted by Gasteiger charge is 1.89. The average Bonchev–Trinajstić information content (AvgIpc) is 2.54. The highest BCUT2D eigenvalue weighted by molar-refractivity contribution is 4.49. The molecule has 22 heavy (non-hydrogen) atoms. The first kappa shape index (κ1) is 24.1. The van der Waals surface area contributed by atoms with E-state index in [9.17, 15) is 0 Å². The second kappa shape index (κ2) is 25.8. The summed E-state index contributed by atoms with van der Waals surface area (Å²) in [6, 6.07) is 0. The van der Waals surface area contributed by atoms with Gasteiger partial charge in [0.05, 0.1) is 0 Å². The van der Waals surface area contributed by atoms with Crippen molar-refractivity contribution >= 4 is 0 Å². The van der Waals surface area contributed by atoms with E-state index >= 15 is 0 Å². The van der Waals surface area contributed by atoms with Crippen molar-refractivity contribution in [1.82, 2.24) is 10.6 Å². The quantitative estimate of drug-likeness (QED) is 0.330. The lowest BCUT2D eigenvalue weighted by atomic mass is 10.1. The Kier molecular flexibility index (Phi) is 28.2. The van der Waals surface area contributed by atoms with Gasteiger partial charge < -0.3 is 22.1 Å². The minimum absolute atomic E-state index is 0.758. The molecule has 0 aliphatic carbocycles. The van der Waals surface area contributed by atoms with Gasteiger partial charge in [-0.3, -0.25) is 0 Å². The van der Waals surface area contributed by atoms with E-state index in [2.05, 4.69) is 24.5 Å². The molecule has 136 valence electrons. The van der Waals surface area contributed by atoms with Crippen LogP contribution in [0.1, 0.15) is 78.1 Å². The lowest BCUT2D eigenvalue weighted by Gasteiger charge is -2.02. The molecule has 4 nitrogen and oxygen atoms in total. The standard InChI is InChI=1S/C10H24N2.C8H20N2/c1-2-3-4-5-6-7-9-12-10-8-11;1-2-3-4-5-7-10-8-6-9/h12H,2-11H2,1H3;10H,2-9H2,1H3. The molecule has 0 fully saturated rings. The van der Waals surface area contributed by atoms with Crippen molar-refractivity contribution in [2.24, 2.45) is 11.5 Å². The molecule has 0 bridgehead atoms. The van der Waals surface area contributed by atoms with Crippen LogP contribution < -0.4 is 22.1 Å². The lowest BCUT2D eigenvalue weighted by molar-refractivity contribution is 0.575. The van der Waals surface area contributed by atoms with Gasteiger partial charge in [-0.2, -0.15) is 0 Å². The fraction of sp³-hybridized carbons (Fsp3) is 1.00. The largest absolute Gasteiger partial charge is 0.329 e.